The van der Waals surface area contributed by atoms with Gasteiger partial charge in [0.1, 0.15) is 0 Å². The van der Waals surface area contributed by atoms with Crippen molar-refractivity contribution < 1.29 is 0 Å². The zero-order chi connectivity index (χ0) is 17.5. The summed E-state index contributed by atoms with van der Waals surface area (Å²) in [7, 11) is 0. The van der Waals surface area contributed by atoms with Crippen molar-refractivity contribution >= 4 is 28.6 Å². The summed E-state index contributed by atoms with van der Waals surface area (Å²) in [5, 5.41) is 4.40. The van der Waals surface area contributed by atoms with Crippen LogP contribution in [0.2, 0.25) is 5.02 Å². The monoisotopic (exact) mass is 359 g/mol. The van der Waals surface area contributed by atoms with Gasteiger partial charge in [0, 0.05) is 5.02 Å². The zero-order valence-corrected chi connectivity index (χ0v) is 14.9. The highest BCUT2D eigenvalue weighted by Crippen LogP contribution is 2.42. The predicted octanol–water partition coefficient (Wildman–Crippen LogP) is 5.84. The van der Waals surface area contributed by atoms with Gasteiger partial charge in [0.15, 0.2) is 0 Å². The maximum atomic E-state index is 6.49. The first-order valence-electron chi connectivity index (χ1n) is 8.84. The van der Waals surface area contributed by atoms with Gasteiger partial charge >= 0.3 is 0 Å². The van der Waals surface area contributed by atoms with Crippen LogP contribution in [0.1, 0.15) is 29.6 Å². The van der Waals surface area contributed by atoms with Gasteiger partial charge in [0.25, 0.3) is 0 Å². The quantitative estimate of drug-likeness (QED) is 0.487. The Labute approximate surface area is 157 Å². The van der Waals surface area contributed by atoms with Crippen LogP contribution in [0.3, 0.4) is 0 Å². The SMILES string of the molecule is Clc1ccccc1[C@@H]1C[C@@H](c2ccccc2)n2c(nc3ccccc32)N1. The molecular formula is C22H18ClN3. The van der Waals surface area contributed by atoms with Crippen LogP contribution in [0.5, 0.6) is 0 Å². The molecule has 26 heavy (non-hydrogen) atoms. The number of rotatable bonds is 2. The fraction of sp³-hybridized carbons (Fsp3) is 0.136. The van der Waals surface area contributed by atoms with E-state index in [2.05, 4.69) is 64.5 Å². The van der Waals surface area contributed by atoms with Crippen LogP contribution in [0.4, 0.5) is 5.95 Å². The van der Waals surface area contributed by atoms with Crippen molar-refractivity contribution in [3.63, 3.8) is 0 Å². The van der Waals surface area contributed by atoms with Crippen molar-refractivity contribution in [2.45, 2.75) is 18.5 Å². The van der Waals surface area contributed by atoms with Crippen LogP contribution in [0, 0.1) is 0 Å². The number of nitrogens with one attached hydrogen (secondary N) is 1. The lowest BCUT2D eigenvalue weighted by molar-refractivity contribution is 0.477. The van der Waals surface area contributed by atoms with E-state index in [9.17, 15) is 0 Å². The van der Waals surface area contributed by atoms with E-state index >= 15 is 0 Å². The van der Waals surface area contributed by atoms with Gasteiger partial charge in [-0.25, -0.2) is 4.98 Å². The highest BCUT2D eigenvalue weighted by atomic mass is 35.5. The van der Waals surface area contributed by atoms with Crippen molar-refractivity contribution in [3.8, 4) is 0 Å². The van der Waals surface area contributed by atoms with Crippen LogP contribution in [0.15, 0.2) is 78.9 Å². The van der Waals surface area contributed by atoms with Crippen LogP contribution in [0.25, 0.3) is 11.0 Å². The lowest BCUT2D eigenvalue weighted by Gasteiger charge is -2.34. The van der Waals surface area contributed by atoms with Gasteiger partial charge in [-0.05, 0) is 35.7 Å². The number of aromatic nitrogens is 2. The summed E-state index contributed by atoms with van der Waals surface area (Å²) >= 11 is 6.49. The second-order valence-electron chi connectivity index (χ2n) is 6.67. The van der Waals surface area contributed by atoms with Gasteiger partial charge in [-0.15, -0.1) is 0 Å². The average Bonchev–Trinajstić information content (AvgIpc) is 3.07. The van der Waals surface area contributed by atoms with Gasteiger partial charge < -0.3 is 9.88 Å². The first-order valence-corrected chi connectivity index (χ1v) is 9.22. The average molecular weight is 360 g/mol. The summed E-state index contributed by atoms with van der Waals surface area (Å²) in [6.45, 7) is 0. The first kappa shape index (κ1) is 15.5. The molecule has 0 saturated carbocycles. The molecule has 0 radical (unpaired) electrons. The smallest absolute Gasteiger partial charge is 0.204 e. The highest BCUT2D eigenvalue weighted by Gasteiger charge is 2.31. The third-order valence-corrected chi connectivity index (χ3v) is 5.48. The Balaban J connectivity index is 1.69. The second kappa shape index (κ2) is 6.19. The first-order chi connectivity index (χ1) is 12.8. The van der Waals surface area contributed by atoms with E-state index in [1.165, 1.54) is 5.56 Å². The van der Waals surface area contributed by atoms with Gasteiger partial charge in [-0.1, -0.05) is 72.3 Å². The maximum absolute atomic E-state index is 6.49. The fourth-order valence-corrected chi connectivity index (χ4v) is 4.20. The molecule has 5 rings (SSSR count). The second-order valence-corrected chi connectivity index (χ2v) is 7.08. The largest absolute Gasteiger partial charge is 0.349 e. The van der Waals surface area contributed by atoms with E-state index in [1.807, 2.05) is 24.3 Å². The Morgan fingerprint density at radius 1 is 0.885 bits per heavy atom. The Bertz CT molecular complexity index is 1070. The van der Waals surface area contributed by atoms with E-state index in [4.69, 9.17) is 16.6 Å². The number of imidazole rings is 1. The van der Waals surface area contributed by atoms with E-state index in [0.29, 0.717) is 0 Å². The molecule has 0 unspecified atom stereocenters. The van der Waals surface area contributed by atoms with Crippen molar-refractivity contribution in [1.29, 1.82) is 0 Å². The summed E-state index contributed by atoms with van der Waals surface area (Å²) in [6.07, 6.45) is 0.918. The number of anilines is 1. The van der Waals surface area contributed by atoms with E-state index in [1.54, 1.807) is 0 Å². The highest BCUT2D eigenvalue weighted by molar-refractivity contribution is 6.31. The third kappa shape index (κ3) is 2.47. The zero-order valence-electron chi connectivity index (χ0n) is 14.1. The van der Waals surface area contributed by atoms with E-state index in [0.717, 1.165) is 34.0 Å². The van der Waals surface area contributed by atoms with Crippen LogP contribution in [-0.2, 0) is 0 Å². The van der Waals surface area contributed by atoms with Gasteiger partial charge in [0.2, 0.25) is 5.95 Å². The van der Waals surface area contributed by atoms with Crippen molar-refractivity contribution in [1.82, 2.24) is 9.55 Å². The minimum atomic E-state index is 0.123. The molecule has 1 aliphatic heterocycles. The number of hydrogen-bond acceptors (Lipinski definition) is 2. The topological polar surface area (TPSA) is 29.9 Å². The summed E-state index contributed by atoms with van der Waals surface area (Å²) in [6, 6.07) is 27.3. The normalized spacial score (nSPS) is 19.1. The molecule has 0 saturated heterocycles. The molecule has 0 amide bonds. The lowest BCUT2D eigenvalue weighted by Crippen LogP contribution is -2.27. The Kier molecular flexibility index (Phi) is 3.68. The van der Waals surface area contributed by atoms with Crippen LogP contribution >= 0.6 is 11.6 Å². The molecule has 2 heterocycles. The number of fused-ring (bicyclic) bond motifs is 3. The molecule has 4 aromatic rings. The van der Waals surface area contributed by atoms with E-state index < -0.39 is 0 Å². The molecule has 4 heteroatoms. The van der Waals surface area contributed by atoms with Crippen molar-refractivity contribution in [2.75, 3.05) is 5.32 Å². The van der Waals surface area contributed by atoms with Gasteiger partial charge in [-0.3, -0.25) is 0 Å². The molecule has 3 aromatic carbocycles. The summed E-state index contributed by atoms with van der Waals surface area (Å²) in [4.78, 5) is 4.84. The molecule has 3 nitrogen and oxygen atoms in total. The van der Waals surface area contributed by atoms with Crippen molar-refractivity contribution in [3.05, 3.63) is 95.0 Å². The Hall–Kier alpha value is -2.78. The fourth-order valence-electron chi connectivity index (χ4n) is 3.93. The third-order valence-electron chi connectivity index (χ3n) is 5.13. The molecule has 128 valence electrons. The molecule has 1 aliphatic rings. The number of hydrogen-bond donors (Lipinski definition) is 1. The molecule has 0 spiro atoms. The Morgan fingerprint density at radius 2 is 1.62 bits per heavy atom. The summed E-state index contributed by atoms with van der Waals surface area (Å²) in [5.74, 6) is 0.899. The Morgan fingerprint density at radius 3 is 2.46 bits per heavy atom. The molecule has 0 fully saturated rings. The van der Waals surface area contributed by atoms with Gasteiger partial charge in [-0.2, -0.15) is 0 Å². The molecule has 1 aromatic heterocycles. The molecular weight excluding hydrogens is 342 g/mol. The molecule has 0 aliphatic carbocycles. The minimum absolute atomic E-state index is 0.123. The predicted molar refractivity (Wildman–Crippen MR) is 107 cm³/mol. The molecule has 0 bridgehead atoms. The lowest BCUT2D eigenvalue weighted by atomic mass is 9.93. The minimum Gasteiger partial charge on any atom is -0.349 e. The number of benzene rings is 3. The standard InChI is InChI=1S/C22H18ClN3/c23-17-11-5-4-10-16(17)19-14-21(15-8-2-1-3-9-15)26-20-13-7-6-12-18(20)24-22(26)25-19/h1-13,19,21H,14H2,(H,24,25)/t19-,21-/m0/s1. The summed E-state index contributed by atoms with van der Waals surface area (Å²) in [5.41, 5.74) is 4.57. The summed E-state index contributed by atoms with van der Waals surface area (Å²) < 4.78 is 2.32. The number of nitrogens with zero attached hydrogens (tertiary/aromatic N) is 2. The van der Waals surface area contributed by atoms with E-state index in [-0.39, 0.29) is 12.1 Å². The maximum Gasteiger partial charge on any atom is 0.204 e. The van der Waals surface area contributed by atoms with Crippen LogP contribution < -0.4 is 5.32 Å². The van der Waals surface area contributed by atoms with Crippen LogP contribution in [-0.4, -0.2) is 9.55 Å². The van der Waals surface area contributed by atoms with Crippen molar-refractivity contribution in [2.24, 2.45) is 0 Å². The molecule has 2 atom stereocenters. The number of para-hydroxylation sites is 2. The number of halogens is 1. The van der Waals surface area contributed by atoms with Gasteiger partial charge in [0.05, 0.1) is 23.1 Å². The molecule has 1 N–H and O–H groups in total.